The molecule has 1 aromatic heterocycles. The lowest BCUT2D eigenvalue weighted by Gasteiger charge is -2.11. The van der Waals surface area contributed by atoms with Gasteiger partial charge in [0, 0.05) is 12.1 Å². The lowest BCUT2D eigenvalue weighted by molar-refractivity contribution is -0.122. The molecule has 1 aromatic carbocycles. The molecule has 1 aliphatic rings. The normalized spacial score (nSPS) is 18.4. The van der Waals surface area contributed by atoms with E-state index in [1.54, 1.807) is 29.2 Å². The number of amidine groups is 1. The van der Waals surface area contributed by atoms with Crippen molar-refractivity contribution >= 4 is 45.4 Å². The molecule has 0 N–H and O–H groups in total. The third kappa shape index (κ3) is 3.32. The first-order valence-electron chi connectivity index (χ1n) is 6.93. The van der Waals surface area contributed by atoms with E-state index in [0.717, 1.165) is 5.01 Å². The molecule has 1 aliphatic heterocycles. The summed E-state index contributed by atoms with van der Waals surface area (Å²) in [7, 11) is 0. The second-order valence-electron chi connectivity index (χ2n) is 4.68. The van der Waals surface area contributed by atoms with Crippen LogP contribution in [0.25, 0.3) is 6.08 Å². The summed E-state index contributed by atoms with van der Waals surface area (Å²) in [5.74, 6) is -0.540. The molecule has 0 spiro atoms. The summed E-state index contributed by atoms with van der Waals surface area (Å²) in [6.45, 7) is 4.19. The Morgan fingerprint density at radius 2 is 2.13 bits per heavy atom. The number of carbonyl (C=O) groups is 1. The smallest absolute Gasteiger partial charge is 0.266 e. The predicted octanol–water partition coefficient (Wildman–Crippen LogP) is 3.61. The number of thioether (sulfide) groups is 1. The van der Waals surface area contributed by atoms with E-state index in [0.29, 0.717) is 27.3 Å². The third-order valence-electron chi connectivity index (χ3n) is 3.10. The molecule has 23 heavy (non-hydrogen) atoms. The SMILES string of the molecule is CCN1C(=O)/C(=C/c2ccccc2F)S/C1=N/c1nnc(C)s1. The minimum atomic E-state index is -0.360. The van der Waals surface area contributed by atoms with Gasteiger partial charge in [-0.15, -0.1) is 10.2 Å². The van der Waals surface area contributed by atoms with Crippen molar-refractivity contribution in [3.8, 4) is 0 Å². The zero-order valence-electron chi connectivity index (χ0n) is 12.5. The van der Waals surface area contributed by atoms with Crippen LogP contribution in [0.3, 0.4) is 0 Å². The highest BCUT2D eigenvalue weighted by Crippen LogP contribution is 2.34. The highest BCUT2D eigenvalue weighted by atomic mass is 32.2. The minimum Gasteiger partial charge on any atom is -0.287 e. The van der Waals surface area contributed by atoms with Crippen LogP contribution in [0.15, 0.2) is 34.2 Å². The Bertz CT molecular complexity index is 815. The topological polar surface area (TPSA) is 58.5 Å². The second kappa shape index (κ2) is 6.59. The molecule has 0 saturated carbocycles. The Kier molecular flexibility index (Phi) is 4.53. The fourth-order valence-electron chi connectivity index (χ4n) is 2.02. The second-order valence-corrected chi connectivity index (χ2v) is 6.85. The lowest BCUT2D eigenvalue weighted by Crippen LogP contribution is -2.28. The van der Waals surface area contributed by atoms with E-state index < -0.39 is 0 Å². The first-order valence-corrected chi connectivity index (χ1v) is 8.56. The highest BCUT2D eigenvalue weighted by molar-refractivity contribution is 8.18. The molecule has 0 bridgehead atoms. The number of aromatic nitrogens is 2. The molecule has 1 saturated heterocycles. The molecule has 1 fully saturated rings. The fourth-order valence-corrected chi connectivity index (χ4v) is 3.67. The molecule has 2 heterocycles. The van der Waals surface area contributed by atoms with E-state index in [1.165, 1.54) is 29.2 Å². The van der Waals surface area contributed by atoms with Crippen molar-refractivity contribution in [2.75, 3.05) is 6.54 Å². The van der Waals surface area contributed by atoms with Gasteiger partial charge < -0.3 is 0 Å². The van der Waals surface area contributed by atoms with Gasteiger partial charge in [0.15, 0.2) is 5.17 Å². The molecular weight excluding hydrogens is 335 g/mol. The van der Waals surface area contributed by atoms with Crippen LogP contribution in [0, 0.1) is 12.7 Å². The van der Waals surface area contributed by atoms with E-state index in [2.05, 4.69) is 15.2 Å². The van der Waals surface area contributed by atoms with Gasteiger partial charge in [0.2, 0.25) is 5.13 Å². The van der Waals surface area contributed by atoms with Crippen LogP contribution in [-0.4, -0.2) is 32.7 Å². The molecular formula is C15H13FN4OS2. The maximum absolute atomic E-state index is 13.8. The van der Waals surface area contributed by atoms with Crippen molar-refractivity contribution in [1.82, 2.24) is 15.1 Å². The zero-order valence-corrected chi connectivity index (χ0v) is 14.1. The van der Waals surface area contributed by atoms with E-state index in [4.69, 9.17) is 0 Å². The van der Waals surface area contributed by atoms with Crippen LogP contribution in [0.4, 0.5) is 9.52 Å². The van der Waals surface area contributed by atoms with Crippen LogP contribution in [-0.2, 0) is 4.79 Å². The number of aliphatic imine (C=N–C) groups is 1. The van der Waals surface area contributed by atoms with Crippen molar-refractivity contribution in [2.24, 2.45) is 4.99 Å². The summed E-state index contributed by atoms with van der Waals surface area (Å²) in [6, 6.07) is 6.35. The summed E-state index contributed by atoms with van der Waals surface area (Å²) in [5, 5.41) is 9.71. The largest absolute Gasteiger partial charge is 0.287 e. The molecule has 8 heteroatoms. The Morgan fingerprint density at radius 1 is 1.35 bits per heavy atom. The monoisotopic (exact) mass is 348 g/mol. The van der Waals surface area contributed by atoms with Gasteiger partial charge >= 0.3 is 0 Å². The predicted molar refractivity (Wildman–Crippen MR) is 91.1 cm³/mol. The number of hydrogen-bond acceptors (Lipinski definition) is 6. The van der Waals surface area contributed by atoms with E-state index in [1.807, 2.05) is 13.8 Å². The van der Waals surface area contributed by atoms with Crippen molar-refractivity contribution in [2.45, 2.75) is 13.8 Å². The van der Waals surface area contributed by atoms with Crippen LogP contribution < -0.4 is 0 Å². The summed E-state index contributed by atoms with van der Waals surface area (Å²) in [4.78, 5) is 18.8. The molecule has 0 aliphatic carbocycles. The summed E-state index contributed by atoms with van der Waals surface area (Å²) in [6.07, 6.45) is 1.55. The molecule has 118 valence electrons. The van der Waals surface area contributed by atoms with Gasteiger partial charge in [-0.05, 0) is 37.8 Å². The summed E-state index contributed by atoms with van der Waals surface area (Å²) in [5.41, 5.74) is 0.382. The number of amides is 1. The third-order valence-corrected chi connectivity index (χ3v) is 4.84. The molecule has 0 atom stereocenters. The van der Waals surface area contributed by atoms with Crippen LogP contribution >= 0.6 is 23.1 Å². The van der Waals surface area contributed by atoms with Crippen LogP contribution in [0.1, 0.15) is 17.5 Å². The van der Waals surface area contributed by atoms with Gasteiger partial charge in [-0.25, -0.2) is 4.39 Å². The number of rotatable bonds is 3. The Morgan fingerprint density at radius 3 is 2.78 bits per heavy atom. The Labute approximate surface area is 141 Å². The number of halogens is 1. The fraction of sp³-hybridized carbons (Fsp3) is 0.200. The van der Waals surface area contributed by atoms with Crippen molar-refractivity contribution in [3.63, 3.8) is 0 Å². The summed E-state index contributed by atoms with van der Waals surface area (Å²) >= 11 is 2.57. The van der Waals surface area contributed by atoms with E-state index >= 15 is 0 Å². The minimum absolute atomic E-state index is 0.180. The van der Waals surface area contributed by atoms with E-state index in [-0.39, 0.29) is 11.7 Å². The van der Waals surface area contributed by atoms with Gasteiger partial charge in [-0.3, -0.25) is 9.69 Å². The number of carbonyl (C=O) groups excluding carboxylic acids is 1. The standard InChI is InChI=1S/C15H13FN4OS2/c1-3-20-13(21)12(8-10-6-4-5-7-11(10)16)23-15(20)17-14-19-18-9(2)22-14/h4-8H,3H2,1-2H3/b12-8-,17-15+. The van der Waals surface area contributed by atoms with E-state index in [9.17, 15) is 9.18 Å². The van der Waals surface area contributed by atoms with Crippen LogP contribution in [0.5, 0.6) is 0 Å². The number of nitrogens with zero attached hydrogens (tertiary/aromatic N) is 4. The maximum Gasteiger partial charge on any atom is 0.266 e. The number of hydrogen-bond donors (Lipinski definition) is 0. The lowest BCUT2D eigenvalue weighted by atomic mass is 10.2. The molecule has 5 nitrogen and oxygen atoms in total. The molecule has 0 radical (unpaired) electrons. The first-order chi connectivity index (χ1) is 11.1. The van der Waals surface area contributed by atoms with Gasteiger partial charge in [-0.1, -0.05) is 29.5 Å². The first kappa shape index (κ1) is 15.8. The van der Waals surface area contributed by atoms with Gasteiger partial charge in [-0.2, -0.15) is 4.99 Å². The number of aryl methyl sites for hydroxylation is 1. The van der Waals surface area contributed by atoms with Gasteiger partial charge in [0.05, 0.1) is 4.91 Å². The van der Waals surface area contributed by atoms with Crippen LogP contribution in [0.2, 0.25) is 0 Å². The average Bonchev–Trinajstić information content (AvgIpc) is 3.06. The quantitative estimate of drug-likeness (QED) is 0.795. The number of likely N-dealkylation sites (N-methyl/N-ethyl adjacent to an activating group) is 1. The zero-order chi connectivity index (χ0) is 16.4. The van der Waals surface area contributed by atoms with Crippen molar-refractivity contribution < 1.29 is 9.18 Å². The highest BCUT2D eigenvalue weighted by Gasteiger charge is 2.32. The number of benzene rings is 1. The maximum atomic E-state index is 13.8. The van der Waals surface area contributed by atoms with Gasteiger partial charge in [0.25, 0.3) is 5.91 Å². The summed E-state index contributed by atoms with van der Waals surface area (Å²) < 4.78 is 13.8. The molecule has 2 aromatic rings. The van der Waals surface area contributed by atoms with Crippen molar-refractivity contribution in [1.29, 1.82) is 0 Å². The Hall–Kier alpha value is -2.06. The van der Waals surface area contributed by atoms with Gasteiger partial charge in [0.1, 0.15) is 10.8 Å². The molecule has 1 amide bonds. The molecule has 3 rings (SSSR count). The molecule has 0 unspecified atom stereocenters. The van der Waals surface area contributed by atoms with Crippen molar-refractivity contribution in [3.05, 3.63) is 45.6 Å². The average molecular weight is 348 g/mol. The Balaban J connectivity index is 1.95.